The van der Waals surface area contributed by atoms with Gasteiger partial charge in [0.1, 0.15) is 6.34 Å². The SMILES string of the molecule is CSN1N=CN2c3cc(C)ccc3SC12. The number of thioether (sulfide) groups is 1. The van der Waals surface area contributed by atoms with E-state index in [1.807, 2.05) is 22.5 Å². The molecule has 2 aliphatic heterocycles. The molecule has 0 saturated carbocycles. The van der Waals surface area contributed by atoms with Crippen molar-refractivity contribution in [3.8, 4) is 0 Å². The van der Waals surface area contributed by atoms with Crippen molar-refractivity contribution >= 4 is 35.7 Å². The number of anilines is 1. The zero-order valence-corrected chi connectivity index (χ0v) is 10.2. The standard InChI is InChI=1S/C10H11N3S2/c1-7-3-4-9-8(5-7)12-6-11-13(14-2)10(12)15-9/h3-6,10H,1-2H3. The van der Waals surface area contributed by atoms with Crippen LogP contribution in [0.5, 0.6) is 0 Å². The normalized spacial score (nSPS) is 22.1. The van der Waals surface area contributed by atoms with Crippen LogP contribution in [0, 0.1) is 6.92 Å². The lowest BCUT2D eigenvalue weighted by Gasteiger charge is -2.20. The molecule has 78 valence electrons. The summed E-state index contributed by atoms with van der Waals surface area (Å²) in [4.78, 5) is 3.57. The quantitative estimate of drug-likeness (QED) is 0.699. The highest BCUT2D eigenvalue weighted by molar-refractivity contribution is 8.02. The molecule has 0 saturated heterocycles. The highest BCUT2D eigenvalue weighted by Gasteiger charge is 2.37. The van der Waals surface area contributed by atoms with E-state index >= 15 is 0 Å². The van der Waals surface area contributed by atoms with Gasteiger partial charge in [-0.05, 0) is 36.6 Å². The van der Waals surface area contributed by atoms with E-state index in [2.05, 4.69) is 41.4 Å². The van der Waals surface area contributed by atoms with E-state index in [0.717, 1.165) is 0 Å². The summed E-state index contributed by atoms with van der Waals surface area (Å²) in [6.45, 7) is 2.12. The lowest BCUT2D eigenvalue weighted by molar-refractivity contribution is 0.524. The minimum atomic E-state index is 0.303. The Bertz CT molecular complexity index is 433. The molecule has 1 aromatic carbocycles. The second-order valence-electron chi connectivity index (χ2n) is 3.54. The predicted molar refractivity (Wildman–Crippen MR) is 67.1 cm³/mol. The van der Waals surface area contributed by atoms with Crippen LogP contribution in [-0.4, -0.2) is 22.5 Å². The van der Waals surface area contributed by atoms with Crippen molar-refractivity contribution in [1.29, 1.82) is 0 Å². The molecule has 0 amide bonds. The Morgan fingerprint density at radius 2 is 2.33 bits per heavy atom. The molecule has 0 fully saturated rings. The van der Waals surface area contributed by atoms with E-state index in [9.17, 15) is 0 Å². The number of aryl methyl sites for hydroxylation is 1. The lowest BCUT2D eigenvalue weighted by atomic mass is 10.2. The molecule has 3 nitrogen and oxygen atoms in total. The van der Waals surface area contributed by atoms with Gasteiger partial charge in [-0.25, -0.2) is 4.41 Å². The van der Waals surface area contributed by atoms with Gasteiger partial charge in [-0.1, -0.05) is 17.8 Å². The largest absolute Gasteiger partial charge is 0.297 e. The van der Waals surface area contributed by atoms with Crippen molar-refractivity contribution in [1.82, 2.24) is 4.41 Å². The Kier molecular flexibility index (Phi) is 2.10. The zero-order valence-electron chi connectivity index (χ0n) is 8.54. The number of benzene rings is 1. The molecule has 0 bridgehead atoms. The highest BCUT2D eigenvalue weighted by atomic mass is 32.2. The van der Waals surface area contributed by atoms with Gasteiger partial charge < -0.3 is 0 Å². The fourth-order valence-corrected chi connectivity index (χ4v) is 3.68. The lowest BCUT2D eigenvalue weighted by Crippen LogP contribution is -2.29. The molecule has 0 aliphatic carbocycles. The van der Waals surface area contributed by atoms with Gasteiger partial charge in [0.05, 0.1) is 5.69 Å². The van der Waals surface area contributed by atoms with Crippen LogP contribution in [-0.2, 0) is 0 Å². The first kappa shape index (κ1) is 9.42. The molecule has 5 heteroatoms. The summed E-state index contributed by atoms with van der Waals surface area (Å²) in [5, 5.41) is 4.34. The fourth-order valence-electron chi connectivity index (χ4n) is 1.79. The van der Waals surface area contributed by atoms with Gasteiger partial charge in [0, 0.05) is 11.2 Å². The van der Waals surface area contributed by atoms with E-state index in [4.69, 9.17) is 0 Å². The van der Waals surface area contributed by atoms with Crippen molar-refractivity contribution in [3.05, 3.63) is 23.8 Å². The summed E-state index contributed by atoms with van der Waals surface area (Å²) in [6, 6.07) is 6.58. The Hall–Kier alpha value is -0.810. The maximum atomic E-state index is 4.34. The molecule has 2 heterocycles. The minimum absolute atomic E-state index is 0.303. The Morgan fingerprint density at radius 1 is 1.47 bits per heavy atom. The van der Waals surface area contributed by atoms with Crippen LogP contribution in [0.25, 0.3) is 0 Å². The third kappa shape index (κ3) is 1.33. The number of fused-ring (bicyclic) bond motifs is 3. The Labute approximate surface area is 97.6 Å². The molecule has 0 radical (unpaired) electrons. The molecule has 1 aromatic rings. The first-order valence-electron chi connectivity index (χ1n) is 4.73. The van der Waals surface area contributed by atoms with Crippen molar-refractivity contribution < 1.29 is 0 Å². The van der Waals surface area contributed by atoms with E-state index in [1.54, 1.807) is 11.9 Å². The average Bonchev–Trinajstić information content (AvgIpc) is 2.76. The number of hydrazone groups is 1. The van der Waals surface area contributed by atoms with Crippen LogP contribution in [0.2, 0.25) is 0 Å². The smallest absolute Gasteiger partial charge is 0.187 e. The van der Waals surface area contributed by atoms with Gasteiger partial charge >= 0.3 is 0 Å². The Balaban J connectivity index is 2.02. The number of hydrogen-bond acceptors (Lipinski definition) is 5. The van der Waals surface area contributed by atoms with Gasteiger partial charge in [0.2, 0.25) is 0 Å². The first-order valence-corrected chi connectivity index (χ1v) is 6.79. The van der Waals surface area contributed by atoms with Gasteiger partial charge in [0.25, 0.3) is 0 Å². The molecule has 15 heavy (non-hydrogen) atoms. The second kappa shape index (κ2) is 3.35. The second-order valence-corrected chi connectivity index (χ2v) is 5.38. The minimum Gasteiger partial charge on any atom is -0.297 e. The van der Waals surface area contributed by atoms with Crippen molar-refractivity contribution in [2.45, 2.75) is 17.3 Å². The summed E-state index contributed by atoms with van der Waals surface area (Å²) < 4.78 is 2.03. The first-order chi connectivity index (χ1) is 7.29. The van der Waals surface area contributed by atoms with Gasteiger partial charge in [-0.3, -0.25) is 4.90 Å². The molecular formula is C10H11N3S2. The summed E-state index contributed by atoms with van der Waals surface area (Å²) in [6.07, 6.45) is 3.97. The van der Waals surface area contributed by atoms with Crippen LogP contribution in [0.4, 0.5) is 5.69 Å². The molecular weight excluding hydrogens is 226 g/mol. The summed E-state index contributed by atoms with van der Waals surface area (Å²) in [5.41, 5.74) is 2.88. The van der Waals surface area contributed by atoms with Crippen molar-refractivity contribution in [2.24, 2.45) is 5.10 Å². The van der Waals surface area contributed by atoms with Crippen molar-refractivity contribution in [3.63, 3.8) is 0 Å². The van der Waals surface area contributed by atoms with Gasteiger partial charge in [0.15, 0.2) is 5.50 Å². The summed E-state index contributed by atoms with van der Waals surface area (Å²) >= 11 is 3.51. The number of nitrogens with zero attached hydrogens (tertiary/aromatic N) is 3. The third-order valence-corrected chi connectivity index (χ3v) is 4.57. The monoisotopic (exact) mass is 237 g/mol. The zero-order chi connectivity index (χ0) is 10.4. The van der Waals surface area contributed by atoms with E-state index in [-0.39, 0.29) is 0 Å². The summed E-state index contributed by atoms with van der Waals surface area (Å²) in [7, 11) is 0. The predicted octanol–water partition coefficient (Wildman–Crippen LogP) is 2.73. The molecule has 1 atom stereocenters. The Morgan fingerprint density at radius 3 is 3.13 bits per heavy atom. The average molecular weight is 237 g/mol. The molecule has 0 aromatic heterocycles. The molecule has 0 spiro atoms. The van der Waals surface area contributed by atoms with E-state index in [1.165, 1.54) is 16.1 Å². The maximum absolute atomic E-state index is 4.34. The molecule has 2 aliphatic rings. The highest BCUT2D eigenvalue weighted by Crippen LogP contribution is 2.47. The topological polar surface area (TPSA) is 18.8 Å². The van der Waals surface area contributed by atoms with Gasteiger partial charge in [-0.15, -0.1) is 0 Å². The number of rotatable bonds is 1. The van der Waals surface area contributed by atoms with Crippen LogP contribution < -0.4 is 4.90 Å². The van der Waals surface area contributed by atoms with E-state index < -0.39 is 0 Å². The summed E-state index contributed by atoms with van der Waals surface area (Å²) in [5.74, 6) is 0. The van der Waals surface area contributed by atoms with Crippen LogP contribution >= 0.6 is 23.7 Å². The molecule has 3 rings (SSSR count). The van der Waals surface area contributed by atoms with Crippen LogP contribution in [0.1, 0.15) is 5.56 Å². The van der Waals surface area contributed by atoms with Gasteiger partial charge in [-0.2, -0.15) is 5.10 Å². The van der Waals surface area contributed by atoms with Crippen molar-refractivity contribution in [2.75, 3.05) is 11.2 Å². The molecule has 1 unspecified atom stereocenters. The number of hydrogen-bond donors (Lipinski definition) is 0. The van der Waals surface area contributed by atoms with Crippen LogP contribution in [0.3, 0.4) is 0 Å². The van der Waals surface area contributed by atoms with E-state index in [0.29, 0.717) is 5.50 Å². The maximum Gasteiger partial charge on any atom is 0.187 e. The third-order valence-electron chi connectivity index (χ3n) is 2.53. The molecule has 0 N–H and O–H groups in total. The van der Waals surface area contributed by atoms with Crippen LogP contribution in [0.15, 0.2) is 28.2 Å². The fraction of sp³-hybridized carbons (Fsp3) is 0.300.